The van der Waals surface area contributed by atoms with Gasteiger partial charge in [-0.15, -0.1) is 0 Å². The lowest BCUT2D eigenvalue weighted by atomic mass is 10.0. The monoisotopic (exact) mass is 429 g/mol. The van der Waals surface area contributed by atoms with Crippen molar-refractivity contribution in [1.82, 2.24) is 13.9 Å². The minimum Gasteiger partial charge on any atom is -0.326 e. The van der Waals surface area contributed by atoms with Gasteiger partial charge in [-0.2, -0.15) is 0 Å². The predicted octanol–water partition coefficient (Wildman–Crippen LogP) is 0.560. The SMILES string of the molecule is Cn1c(=O)n(-c2ccc(NS(=O)(=O)c3ccc4c(c3)CCC(=O)N4)cc2)c(=O)n1C. The molecule has 0 saturated heterocycles. The molecule has 0 atom stereocenters. The highest BCUT2D eigenvalue weighted by atomic mass is 32.2. The molecule has 3 aromatic rings. The lowest BCUT2D eigenvalue weighted by Gasteiger charge is -2.18. The zero-order valence-corrected chi connectivity index (χ0v) is 17.1. The highest BCUT2D eigenvalue weighted by Crippen LogP contribution is 2.26. The summed E-state index contributed by atoms with van der Waals surface area (Å²) in [5, 5.41) is 2.71. The van der Waals surface area contributed by atoms with E-state index in [1.807, 2.05) is 0 Å². The van der Waals surface area contributed by atoms with Crippen molar-refractivity contribution < 1.29 is 13.2 Å². The zero-order valence-electron chi connectivity index (χ0n) is 16.2. The third-order valence-corrected chi connectivity index (χ3v) is 6.43. The van der Waals surface area contributed by atoms with E-state index in [9.17, 15) is 22.8 Å². The van der Waals surface area contributed by atoms with Crippen molar-refractivity contribution in [3.63, 3.8) is 0 Å². The van der Waals surface area contributed by atoms with Crippen molar-refractivity contribution in [3.8, 4) is 5.69 Å². The first kappa shape index (κ1) is 19.7. The first-order valence-electron chi connectivity index (χ1n) is 9.08. The number of carbonyl (C=O) groups is 1. The van der Waals surface area contributed by atoms with Crippen LogP contribution in [0.2, 0.25) is 0 Å². The summed E-state index contributed by atoms with van der Waals surface area (Å²) in [5.74, 6) is -0.0938. The van der Waals surface area contributed by atoms with Gasteiger partial charge in [0.2, 0.25) is 5.91 Å². The molecule has 0 unspecified atom stereocenters. The van der Waals surface area contributed by atoms with Crippen LogP contribution in [0.5, 0.6) is 0 Å². The van der Waals surface area contributed by atoms with E-state index in [-0.39, 0.29) is 16.5 Å². The molecule has 0 radical (unpaired) electrons. The molecule has 2 N–H and O–H groups in total. The van der Waals surface area contributed by atoms with Gasteiger partial charge in [0.05, 0.1) is 10.6 Å². The first-order chi connectivity index (χ1) is 14.2. The predicted molar refractivity (Wildman–Crippen MR) is 110 cm³/mol. The molecule has 2 aromatic carbocycles. The van der Waals surface area contributed by atoms with Crippen LogP contribution < -0.4 is 21.4 Å². The Morgan fingerprint density at radius 2 is 1.53 bits per heavy atom. The van der Waals surface area contributed by atoms with Gasteiger partial charge in [0, 0.05) is 31.9 Å². The maximum Gasteiger partial charge on any atom is 0.351 e. The van der Waals surface area contributed by atoms with Crippen LogP contribution in [0, 0.1) is 0 Å². The summed E-state index contributed by atoms with van der Waals surface area (Å²) >= 11 is 0. The Morgan fingerprint density at radius 3 is 2.17 bits per heavy atom. The number of nitrogens with one attached hydrogen (secondary N) is 2. The van der Waals surface area contributed by atoms with Gasteiger partial charge in [-0.3, -0.25) is 9.52 Å². The van der Waals surface area contributed by atoms with Crippen molar-refractivity contribution in [2.45, 2.75) is 17.7 Å². The number of sulfonamides is 1. The highest BCUT2D eigenvalue weighted by molar-refractivity contribution is 7.92. The number of anilines is 2. The molecule has 156 valence electrons. The maximum absolute atomic E-state index is 12.8. The van der Waals surface area contributed by atoms with E-state index in [1.54, 1.807) is 12.1 Å². The van der Waals surface area contributed by atoms with E-state index < -0.39 is 21.4 Å². The van der Waals surface area contributed by atoms with E-state index >= 15 is 0 Å². The van der Waals surface area contributed by atoms with Gasteiger partial charge in [-0.05, 0) is 54.4 Å². The van der Waals surface area contributed by atoms with Gasteiger partial charge < -0.3 is 5.32 Å². The third kappa shape index (κ3) is 3.32. The number of hydrogen-bond donors (Lipinski definition) is 2. The number of aromatic nitrogens is 3. The highest BCUT2D eigenvalue weighted by Gasteiger charge is 2.20. The minimum atomic E-state index is -3.86. The van der Waals surface area contributed by atoms with E-state index in [4.69, 9.17) is 0 Å². The van der Waals surface area contributed by atoms with Crippen molar-refractivity contribution in [2.75, 3.05) is 10.0 Å². The second-order valence-corrected chi connectivity index (χ2v) is 8.65. The Kier molecular flexibility index (Phi) is 4.61. The summed E-state index contributed by atoms with van der Waals surface area (Å²) in [6.07, 6.45) is 0.781. The van der Waals surface area contributed by atoms with Crippen LogP contribution in [-0.2, 0) is 35.3 Å². The summed E-state index contributed by atoms with van der Waals surface area (Å²) in [7, 11) is -0.900. The van der Waals surface area contributed by atoms with Gasteiger partial charge >= 0.3 is 11.4 Å². The van der Waals surface area contributed by atoms with Gasteiger partial charge in [-0.1, -0.05) is 0 Å². The average molecular weight is 429 g/mol. The standard InChI is InChI=1S/C19H19N5O5S/c1-22-18(26)24(19(27)23(22)2)14-6-4-13(5-7-14)21-30(28,29)15-8-9-16-12(11-15)3-10-17(25)20-16/h4-9,11,21H,3,10H2,1-2H3,(H,20,25). The normalized spacial score (nSPS) is 13.6. The molecule has 0 spiro atoms. The molecule has 1 aliphatic rings. The molecule has 1 aliphatic heterocycles. The Labute approximate surface area is 171 Å². The summed E-state index contributed by atoms with van der Waals surface area (Å²) in [5.41, 5.74) is 0.977. The van der Waals surface area contributed by atoms with Crippen LogP contribution in [0.15, 0.2) is 56.9 Å². The van der Waals surface area contributed by atoms with Gasteiger partial charge in [-0.25, -0.2) is 31.9 Å². The van der Waals surface area contributed by atoms with Crippen LogP contribution in [-0.4, -0.2) is 28.3 Å². The molecule has 11 heteroatoms. The Hall–Kier alpha value is -3.60. The Bertz CT molecular complexity index is 1350. The number of hydrogen-bond acceptors (Lipinski definition) is 5. The van der Waals surface area contributed by atoms with Crippen molar-refractivity contribution >= 4 is 27.3 Å². The van der Waals surface area contributed by atoms with E-state index in [0.717, 1.165) is 10.1 Å². The Morgan fingerprint density at radius 1 is 0.900 bits per heavy atom. The smallest absolute Gasteiger partial charge is 0.326 e. The maximum atomic E-state index is 12.8. The summed E-state index contributed by atoms with van der Waals surface area (Å²) < 4.78 is 31.3. The van der Waals surface area contributed by atoms with E-state index in [0.29, 0.717) is 24.2 Å². The van der Waals surface area contributed by atoms with Crippen LogP contribution in [0.1, 0.15) is 12.0 Å². The quantitative estimate of drug-likeness (QED) is 0.627. The lowest BCUT2D eigenvalue weighted by molar-refractivity contribution is -0.116. The molecule has 2 heterocycles. The number of amides is 1. The van der Waals surface area contributed by atoms with Crippen molar-refractivity contribution in [1.29, 1.82) is 0 Å². The number of fused-ring (bicyclic) bond motifs is 1. The molecule has 1 amide bonds. The second-order valence-electron chi connectivity index (χ2n) is 6.97. The Balaban J connectivity index is 1.61. The molecule has 0 fully saturated rings. The topological polar surface area (TPSA) is 124 Å². The number of nitrogens with zero attached hydrogens (tertiary/aromatic N) is 3. The van der Waals surface area contributed by atoms with Gasteiger partial charge in [0.1, 0.15) is 0 Å². The second kappa shape index (κ2) is 7.02. The molecular formula is C19H19N5O5S. The van der Waals surface area contributed by atoms with Gasteiger partial charge in [0.15, 0.2) is 0 Å². The fraction of sp³-hybridized carbons (Fsp3) is 0.211. The molecule has 30 heavy (non-hydrogen) atoms. The van der Waals surface area contributed by atoms with Gasteiger partial charge in [0.25, 0.3) is 10.0 Å². The summed E-state index contributed by atoms with van der Waals surface area (Å²) in [4.78, 5) is 36.0. The third-order valence-electron chi connectivity index (χ3n) is 5.05. The van der Waals surface area contributed by atoms with Crippen LogP contribution in [0.25, 0.3) is 5.69 Å². The first-order valence-corrected chi connectivity index (χ1v) is 10.6. The van der Waals surface area contributed by atoms with Crippen LogP contribution in [0.3, 0.4) is 0 Å². The molecular weight excluding hydrogens is 410 g/mol. The van der Waals surface area contributed by atoms with E-state index in [1.165, 1.54) is 53.8 Å². The number of aryl methyl sites for hydroxylation is 1. The molecule has 1 aromatic heterocycles. The molecule has 0 aliphatic carbocycles. The van der Waals surface area contributed by atoms with Crippen molar-refractivity contribution in [2.24, 2.45) is 14.1 Å². The summed E-state index contributed by atoms with van der Waals surface area (Å²) in [6, 6.07) is 10.5. The number of carbonyl (C=O) groups excluding carboxylic acids is 1. The average Bonchev–Trinajstić information content (AvgIpc) is 2.91. The van der Waals surface area contributed by atoms with Crippen LogP contribution in [0.4, 0.5) is 11.4 Å². The number of rotatable bonds is 4. The fourth-order valence-corrected chi connectivity index (χ4v) is 4.38. The molecule has 0 saturated carbocycles. The molecule has 10 nitrogen and oxygen atoms in total. The fourth-order valence-electron chi connectivity index (χ4n) is 3.27. The van der Waals surface area contributed by atoms with Crippen LogP contribution >= 0.6 is 0 Å². The lowest BCUT2D eigenvalue weighted by Crippen LogP contribution is -2.26. The van der Waals surface area contributed by atoms with E-state index in [2.05, 4.69) is 10.0 Å². The largest absolute Gasteiger partial charge is 0.351 e. The zero-order chi connectivity index (χ0) is 21.6. The molecule has 4 rings (SSSR count). The minimum absolute atomic E-state index is 0.0784. The number of benzene rings is 2. The van der Waals surface area contributed by atoms with Crippen molar-refractivity contribution in [3.05, 3.63) is 69.0 Å². The summed E-state index contributed by atoms with van der Waals surface area (Å²) in [6.45, 7) is 0. The molecule has 0 bridgehead atoms.